The third-order valence-corrected chi connectivity index (χ3v) is 5.12. The van der Waals surface area contributed by atoms with Gasteiger partial charge in [0.15, 0.2) is 0 Å². The van der Waals surface area contributed by atoms with Gasteiger partial charge in [0.2, 0.25) is 0 Å². The van der Waals surface area contributed by atoms with Gasteiger partial charge in [-0.2, -0.15) is 18.3 Å². The van der Waals surface area contributed by atoms with Crippen LogP contribution in [-0.4, -0.2) is 27.8 Å². The first-order chi connectivity index (χ1) is 15.7. The highest BCUT2D eigenvalue weighted by Crippen LogP contribution is 2.47. The minimum absolute atomic E-state index is 0.00271. The number of imidazole rings is 1. The van der Waals surface area contributed by atoms with Crippen molar-refractivity contribution < 1.29 is 26.7 Å². The van der Waals surface area contributed by atoms with Gasteiger partial charge < -0.3 is 9.88 Å². The maximum atomic E-state index is 13.6. The van der Waals surface area contributed by atoms with Crippen LogP contribution in [0.25, 0.3) is 11.0 Å². The number of aromatic nitrogens is 2. The van der Waals surface area contributed by atoms with E-state index in [-0.39, 0.29) is 17.3 Å². The number of halogens is 5. The Morgan fingerprint density at radius 3 is 2.76 bits per heavy atom. The van der Waals surface area contributed by atoms with Crippen LogP contribution in [0.4, 0.5) is 33.3 Å². The van der Waals surface area contributed by atoms with E-state index in [1.165, 1.54) is 18.3 Å². The lowest BCUT2D eigenvalue weighted by Gasteiger charge is -2.08. The molecule has 1 aromatic heterocycles. The van der Waals surface area contributed by atoms with Crippen LogP contribution in [0.3, 0.4) is 0 Å². The van der Waals surface area contributed by atoms with Crippen molar-refractivity contribution in [1.29, 1.82) is 0 Å². The van der Waals surface area contributed by atoms with E-state index in [0.717, 1.165) is 35.1 Å². The van der Waals surface area contributed by atoms with E-state index < -0.39 is 23.7 Å². The fraction of sp³-hybridized carbons (Fsp3) is 0.227. The molecule has 1 atom stereocenters. The molecule has 0 bridgehead atoms. The van der Waals surface area contributed by atoms with Gasteiger partial charge in [0.05, 0.1) is 16.7 Å². The summed E-state index contributed by atoms with van der Waals surface area (Å²) in [5.74, 6) is -2.52. The van der Waals surface area contributed by atoms with E-state index >= 15 is 0 Å². The number of rotatable bonds is 6. The lowest BCUT2D eigenvalue weighted by Crippen LogP contribution is -2.29. The molecule has 1 fully saturated rings. The van der Waals surface area contributed by atoms with E-state index in [9.17, 15) is 26.7 Å². The number of allylic oxidation sites excluding steroid dienone is 2. The largest absolute Gasteiger partial charge is 0.471 e. The number of hydrazone groups is 1. The van der Waals surface area contributed by atoms with Crippen LogP contribution in [0.15, 0.2) is 53.1 Å². The Balaban J connectivity index is 1.49. The van der Waals surface area contributed by atoms with E-state index in [0.29, 0.717) is 18.5 Å². The number of carbonyl (C=O) groups excluding carboxylic acids is 1. The Kier molecular flexibility index (Phi) is 5.88. The van der Waals surface area contributed by atoms with Gasteiger partial charge in [-0.15, -0.1) is 0 Å². The zero-order valence-corrected chi connectivity index (χ0v) is 17.3. The maximum absolute atomic E-state index is 13.6. The summed E-state index contributed by atoms with van der Waals surface area (Å²) < 4.78 is 66.2. The monoisotopic (exact) mass is 463 g/mol. The van der Waals surface area contributed by atoms with Crippen LogP contribution in [0.1, 0.15) is 25.1 Å². The first-order valence-electron chi connectivity index (χ1n) is 9.99. The van der Waals surface area contributed by atoms with Crippen LogP contribution in [0.5, 0.6) is 0 Å². The third kappa shape index (κ3) is 4.86. The summed E-state index contributed by atoms with van der Waals surface area (Å²) >= 11 is 0. The normalized spacial score (nSPS) is 17.2. The van der Waals surface area contributed by atoms with E-state index in [1.54, 1.807) is 12.1 Å². The molecule has 1 saturated carbocycles. The molecule has 4 rings (SSSR count). The molecule has 1 heterocycles. The molecule has 0 aliphatic heterocycles. The lowest BCUT2D eigenvalue weighted by molar-refractivity contribution is -0.167. The lowest BCUT2D eigenvalue weighted by atomic mass is 10.2. The summed E-state index contributed by atoms with van der Waals surface area (Å²) in [4.78, 5) is 15.7. The van der Waals surface area contributed by atoms with Gasteiger partial charge >= 0.3 is 12.1 Å². The summed E-state index contributed by atoms with van der Waals surface area (Å²) in [5.41, 5.74) is 4.58. The van der Waals surface area contributed by atoms with Crippen LogP contribution in [0, 0.1) is 11.6 Å². The fourth-order valence-corrected chi connectivity index (χ4v) is 3.47. The number of benzene rings is 2. The van der Waals surface area contributed by atoms with Gasteiger partial charge in [-0.1, -0.05) is 5.57 Å². The number of carbonyl (C=O) groups is 1. The fourth-order valence-electron chi connectivity index (χ4n) is 3.47. The molecule has 0 radical (unpaired) electrons. The van der Waals surface area contributed by atoms with Crippen LogP contribution in [0.2, 0.25) is 0 Å². The zero-order valence-electron chi connectivity index (χ0n) is 17.3. The van der Waals surface area contributed by atoms with Crippen molar-refractivity contribution in [2.75, 3.05) is 10.7 Å². The Morgan fingerprint density at radius 2 is 2.03 bits per heavy atom. The van der Waals surface area contributed by atoms with Crippen molar-refractivity contribution in [3.8, 4) is 0 Å². The number of hydrogen-bond donors (Lipinski definition) is 2. The molecule has 3 aromatic rings. The smallest absolute Gasteiger partial charge is 0.328 e. The highest BCUT2D eigenvalue weighted by molar-refractivity contribution is 5.96. The van der Waals surface area contributed by atoms with Gasteiger partial charge in [-0.05, 0) is 49.8 Å². The van der Waals surface area contributed by atoms with Crippen molar-refractivity contribution in [3.63, 3.8) is 0 Å². The van der Waals surface area contributed by atoms with Crippen LogP contribution in [-0.2, 0) is 11.3 Å². The van der Waals surface area contributed by atoms with Crippen molar-refractivity contribution in [3.05, 3.63) is 65.5 Å². The summed E-state index contributed by atoms with van der Waals surface area (Å²) in [5, 5.41) is 5.71. The van der Waals surface area contributed by atoms with Crippen molar-refractivity contribution in [1.82, 2.24) is 9.55 Å². The first kappa shape index (κ1) is 22.4. The predicted molar refractivity (Wildman–Crippen MR) is 114 cm³/mol. The van der Waals surface area contributed by atoms with E-state index in [1.807, 2.05) is 16.8 Å². The highest BCUT2D eigenvalue weighted by Gasteiger charge is 2.39. The molecular formula is C22H18F5N5O. The van der Waals surface area contributed by atoms with Crippen molar-refractivity contribution >= 4 is 34.5 Å². The summed E-state index contributed by atoms with van der Waals surface area (Å²) in [6.45, 7) is 2.52. The number of nitrogens with zero attached hydrogens (tertiary/aromatic N) is 3. The highest BCUT2D eigenvalue weighted by atomic mass is 19.4. The maximum Gasteiger partial charge on any atom is 0.471 e. The number of anilines is 2. The second-order valence-electron chi connectivity index (χ2n) is 7.38. The number of hydrogen-bond acceptors (Lipinski definition) is 4. The first-order valence-corrected chi connectivity index (χ1v) is 9.99. The molecule has 33 heavy (non-hydrogen) atoms. The van der Waals surface area contributed by atoms with E-state index in [2.05, 4.69) is 15.5 Å². The molecular weight excluding hydrogens is 445 g/mol. The van der Waals surface area contributed by atoms with Gasteiger partial charge in [-0.25, -0.2) is 13.8 Å². The SMILES string of the molecule is CCn1c(C2C/C2=C\C=N/Nc2cc(F)ccc2F)nc2cc(NC(=O)C(F)(F)F)ccc21. The van der Waals surface area contributed by atoms with Gasteiger partial charge in [0.25, 0.3) is 0 Å². The van der Waals surface area contributed by atoms with Gasteiger partial charge in [0, 0.05) is 30.4 Å². The Labute approximate surface area is 184 Å². The molecule has 1 aliphatic rings. The Morgan fingerprint density at radius 1 is 1.24 bits per heavy atom. The van der Waals surface area contributed by atoms with Crippen LogP contribution < -0.4 is 10.7 Å². The molecule has 0 spiro atoms. The Hall–Kier alpha value is -3.76. The number of amides is 1. The summed E-state index contributed by atoms with van der Waals surface area (Å²) in [6.07, 6.45) is -1.10. The topological polar surface area (TPSA) is 71.3 Å². The molecule has 1 aliphatic carbocycles. The second kappa shape index (κ2) is 8.64. The average molecular weight is 463 g/mol. The van der Waals surface area contributed by atoms with Crippen molar-refractivity contribution in [2.24, 2.45) is 5.10 Å². The van der Waals surface area contributed by atoms with Gasteiger partial charge in [-0.3, -0.25) is 10.2 Å². The minimum Gasteiger partial charge on any atom is -0.328 e. The van der Waals surface area contributed by atoms with Gasteiger partial charge in [0.1, 0.15) is 17.5 Å². The van der Waals surface area contributed by atoms with E-state index in [4.69, 9.17) is 0 Å². The molecule has 11 heteroatoms. The summed E-state index contributed by atoms with van der Waals surface area (Å²) in [6, 6.07) is 7.42. The zero-order chi connectivity index (χ0) is 23.8. The molecule has 2 N–H and O–H groups in total. The average Bonchev–Trinajstić information content (AvgIpc) is 3.44. The van der Waals surface area contributed by atoms with Crippen molar-refractivity contribution in [2.45, 2.75) is 32.0 Å². The molecule has 1 amide bonds. The predicted octanol–water partition coefficient (Wildman–Crippen LogP) is 5.35. The third-order valence-electron chi connectivity index (χ3n) is 5.12. The standard InChI is InChI=1S/C22H18F5N5O/c1-2-32-19-6-4-14(29-21(33)22(25,26)27)11-18(19)30-20(32)15-9-12(15)7-8-28-31-17-10-13(23)3-5-16(17)24/h3-8,10-11,15,31H,2,9H2,1H3,(H,29,33)/b12-7+,28-8-. The molecule has 1 unspecified atom stereocenters. The van der Waals surface area contributed by atoms with Crippen LogP contribution >= 0.6 is 0 Å². The Bertz CT molecular complexity index is 1280. The minimum atomic E-state index is -4.98. The number of nitrogens with one attached hydrogen (secondary N) is 2. The molecule has 172 valence electrons. The number of fused-ring (bicyclic) bond motifs is 1. The second-order valence-corrected chi connectivity index (χ2v) is 7.38. The molecule has 6 nitrogen and oxygen atoms in total. The quantitative estimate of drug-likeness (QED) is 0.294. The number of aryl methyl sites for hydroxylation is 1. The summed E-state index contributed by atoms with van der Waals surface area (Å²) in [7, 11) is 0. The molecule has 2 aromatic carbocycles. The molecule has 0 saturated heterocycles. The number of alkyl halides is 3.